The number of benzene rings is 1. The minimum Gasteiger partial charge on any atom is -0.336 e. The highest BCUT2D eigenvalue weighted by Gasteiger charge is 2.18. The van der Waals surface area contributed by atoms with E-state index in [1.54, 1.807) is 6.08 Å². The summed E-state index contributed by atoms with van der Waals surface area (Å²) in [6.07, 6.45) is 3.53. The van der Waals surface area contributed by atoms with Crippen molar-refractivity contribution in [3.05, 3.63) is 42.0 Å². The maximum Gasteiger partial charge on any atom is 0.246 e. The third-order valence-corrected chi connectivity index (χ3v) is 2.90. The van der Waals surface area contributed by atoms with Gasteiger partial charge in [-0.3, -0.25) is 4.79 Å². The molecule has 1 atom stereocenters. The van der Waals surface area contributed by atoms with E-state index in [1.807, 2.05) is 41.3 Å². The highest BCUT2D eigenvalue weighted by atomic mass is 16.2. The Bertz CT molecular complexity index is 400. The van der Waals surface area contributed by atoms with Crippen LogP contribution in [0.25, 0.3) is 6.08 Å². The third-order valence-electron chi connectivity index (χ3n) is 2.90. The number of piperazine rings is 1. The number of amides is 1. The summed E-state index contributed by atoms with van der Waals surface area (Å²) in [4.78, 5) is 13.8. The molecule has 17 heavy (non-hydrogen) atoms. The van der Waals surface area contributed by atoms with Crippen molar-refractivity contribution < 1.29 is 4.79 Å². The fourth-order valence-corrected chi connectivity index (χ4v) is 1.97. The molecule has 1 unspecified atom stereocenters. The second kappa shape index (κ2) is 5.64. The van der Waals surface area contributed by atoms with Gasteiger partial charge in [0.05, 0.1) is 0 Å². The molecule has 3 heteroatoms. The van der Waals surface area contributed by atoms with E-state index in [0.717, 1.165) is 25.2 Å². The number of nitrogens with zero attached hydrogens (tertiary/aromatic N) is 1. The van der Waals surface area contributed by atoms with Crippen LogP contribution in [0.4, 0.5) is 0 Å². The van der Waals surface area contributed by atoms with Gasteiger partial charge >= 0.3 is 0 Å². The van der Waals surface area contributed by atoms with Gasteiger partial charge in [0.25, 0.3) is 0 Å². The summed E-state index contributed by atoms with van der Waals surface area (Å²) >= 11 is 0. The van der Waals surface area contributed by atoms with Gasteiger partial charge in [-0.2, -0.15) is 0 Å². The molecule has 0 saturated carbocycles. The summed E-state index contributed by atoms with van der Waals surface area (Å²) in [5.74, 6) is 0.0993. The summed E-state index contributed by atoms with van der Waals surface area (Å²) in [6.45, 7) is 4.56. The molecule has 1 aromatic rings. The Morgan fingerprint density at radius 1 is 1.41 bits per heavy atom. The first-order chi connectivity index (χ1) is 8.25. The van der Waals surface area contributed by atoms with Crippen molar-refractivity contribution in [2.75, 3.05) is 19.6 Å². The van der Waals surface area contributed by atoms with Crippen molar-refractivity contribution in [1.29, 1.82) is 0 Å². The summed E-state index contributed by atoms with van der Waals surface area (Å²) in [6, 6.07) is 10.3. The van der Waals surface area contributed by atoms with Crippen LogP contribution in [-0.2, 0) is 4.79 Å². The molecule has 1 fully saturated rings. The van der Waals surface area contributed by atoms with Crippen molar-refractivity contribution in [3.63, 3.8) is 0 Å². The van der Waals surface area contributed by atoms with Gasteiger partial charge in [-0.25, -0.2) is 0 Å². The average molecular weight is 230 g/mol. The van der Waals surface area contributed by atoms with Crippen LogP contribution in [0.5, 0.6) is 0 Å². The zero-order chi connectivity index (χ0) is 12.1. The first kappa shape index (κ1) is 11.9. The van der Waals surface area contributed by atoms with E-state index >= 15 is 0 Å². The van der Waals surface area contributed by atoms with Crippen LogP contribution in [0.2, 0.25) is 0 Å². The van der Waals surface area contributed by atoms with Crippen molar-refractivity contribution in [3.8, 4) is 0 Å². The molecule has 0 aliphatic carbocycles. The van der Waals surface area contributed by atoms with E-state index in [2.05, 4.69) is 12.2 Å². The Kier molecular flexibility index (Phi) is 3.94. The van der Waals surface area contributed by atoms with Crippen molar-refractivity contribution in [2.45, 2.75) is 13.0 Å². The van der Waals surface area contributed by atoms with E-state index in [9.17, 15) is 4.79 Å². The molecule has 1 aliphatic rings. The summed E-state index contributed by atoms with van der Waals surface area (Å²) in [5.41, 5.74) is 1.06. The van der Waals surface area contributed by atoms with Gasteiger partial charge in [0, 0.05) is 31.8 Å². The molecule has 0 spiro atoms. The zero-order valence-electron chi connectivity index (χ0n) is 10.1. The predicted molar refractivity (Wildman–Crippen MR) is 69.5 cm³/mol. The van der Waals surface area contributed by atoms with Gasteiger partial charge in [0.15, 0.2) is 0 Å². The summed E-state index contributed by atoms with van der Waals surface area (Å²) in [5, 5.41) is 3.32. The molecule has 1 N–H and O–H groups in total. The molecule has 1 saturated heterocycles. The van der Waals surface area contributed by atoms with E-state index < -0.39 is 0 Å². The SMILES string of the molecule is CC1CN(C(=O)/C=C/c2ccccc2)CCN1. The van der Waals surface area contributed by atoms with E-state index in [-0.39, 0.29) is 5.91 Å². The molecule has 3 nitrogen and oxygen atoms in total. The standard InChI is InChI=1S/C14H18N2O/c1-12-11-16(10-9-15-12)14(17)8-7-13-5-3-2-4-6-13/h2-8,12,15H,9-11H2,1H3/b8-7+. The topological polar surface area (TPSA) is 32.3 Å². The normalized spacial score (nSPS) is 20.8. The number of hydrogen-bond acceptors (Lipinski definition) is 2. The highest BCUT2D eigenvalue weighted by molar-refractivity contribution is 5.91. The Labute approximate surface area is 102 Å². The molecule has 2 rings (SSSR count). The summed E-state index contributed by atoms with van der Waals surface area (Å²) < 4.78 is 0. The molecular formula is C14H18N2O. The van der Waals surface area contributed by atoms with E-state index in [4.69, 9.17) is 0 Å². The lowest BCUT2D eigenvalue weighted by Gasteiger charge is -2.31. The Hall–Kier alpha value is -1.61. The van der Waals surface area contributed by atoms with Crippen molar-refractivity contribution in [2.24, 2.45) is 0 Å². The molecule has 0 radical (unpaired) electrons. The van der Waals surface area contributed by atoms with E-state index in [0.29, 0.717) is 6.04 Å². The minimum atomic E-state index is 0.0993. The summed E-state index contributed by atoms with van der Waals surface area (Å²) in [7, 11) is 0. The lowest BCUT2D eigenvalue weighted by molar-refractivity contribution is -0.127. The van der Waals surface area contributed by atoms with Gasteiger partial charge in [-0.1, -0.05) is 30.3 Å². The molecule has 1 heterocycles. The van der Waals surface area contributed by atoms with Crippen LogP contribution in [-0.4, -0.2) is 36.5 Å². The molecule has 1 aliphatic heterocycles. The van der Waals surface area contributed by atoms with Gasteiger partial charge in [-0.15, -0.1) is 0 Å². The lowest BCUT2D eigenvalue weighted by Crippen LogP contribution is -2.50. The molecule has 0 bridgehead atoms. The monoisotopic (exact) mass is 230 g/mol. The van der Waals surface area contributed by atoms with Gasteiger partial charge in [-0.05, 0) is 18.6 Å². The second-order valence-corrected chi connectivity index (χ2v) is 4.38. The first-order valence-corrected chi connectivity index (χ1v) is 6.01. The van der Waals surface area contributed by atoms with Gasteiger partial charge in [0.1, 0.15) is 0 Å². The molecule has 0 aromatic heterocycles. The maximum absolute atomic E-state index is 11.9. The van der Waals surface area contributed by atoms with Gasteiger partial charge in [0.2, 0.25) is 5.91 Å². The van der Waals surface area contributed by atoms with Gasteiger partial charge < -0.3 is 10.2 Å². The second-order valence-electron chi connectivity index (χ2n) is 4.38. The van der Waals surface area contributed by atoms with Crippen LogP contribution in [0.1, 0.15) is 12.5 Å². The lowest BCUT2D eigenvalue weighted by atomic mass is 10.2. The Morgan fingerprint density at radius 3 is 2.88 bits per heavy atom. The highest BCUT2D eigenvalue weighted by Crippen LogP contribution is 2.04. The number of hydrogen-bond donors (Lipinski definition) is 1. The van der Waals surface area contributed by atoms with E-state index in [1.165, 1.54) is 0 Å². The maximum atomic E-state index is 11.9. The fraction of sp³-hybridized carbons (Fsp3) is 0.357. The number of carbonyl (C=O) groups excluding carboxylic acids is 1. The minimum absolute atomic E-state index is 0.0993. The Morgan fingerprint density at radius 2 is 2.18 bits per heavy atom. The zero-order valence-corrected chi connectivity index (χ0v) is 10.1. The molecule has 90 valence electrons. The van der Waals surface area contributed by atoms with Crippen LogP contribution < -0.4 is 5.32 Å². The third kappa shape index (κ3) is 3.43. The van der Waals surface area contributed by atoms with Crippen molar-refractivity contribution >= 4 is 12.0 Å². The fourth-order valence-electron chi connectivity index (χ4n) is 1.97. The first-order valence-electron chi connectivity index (χ1n) is 6.01. The van der Waals surface area contributed by atoms with Crippen LogP contribution in [0, 0.1) is 0 Å². The Balaban J connectivity index is 1.94. The number of nitrogens with one attached hydrogen (secondary N) is 1. The largest absolute Gasteiger partial charge is 0.336 e. The number of rotatable bonds is 2. The molecular weight excluding hydrogens is 212 g/mol. The average Bonchev–Trinajstić information content (AvgIpc) is 2.37. The predicted octanol–water partition coefficient (Wildman–Crippen LogP) is 1.52. The van der Waals surface area contributed by atoms with Crippen LogP contribution in [0.15, 0.2) is 36.4 Å². The van der Waals surface area contributed by atoms with Crippen LogP contribution in [0.3, 0.4) is 0 Å². The molecule has 1 amide bonds. The smallest absolute Gasteiger partial charge is 0.246 e. The van der Waals surface area contributed by atoms with Crippen molar-refractivity contribution in [1.82, 2.24) is 10.2 Å². The van der Waals surface area contributed by atoms with Crippen LogP contribution >= 0.6 is 0 Å². The quantitative estimate of drug-likeness (QED) is 0.781. The number of carbonyl (C=O) groups is 1. The molecule has 1 aromatic carbocycles.